The molecule has 0 spiro atoms. The standard InChI is InChI=1S/C7H10N2O/c8-3-7-9-6(4-10-7)5-1-2-5/h4-5H,1-3,8H2. The van der Waals surface area contributed by atoms with Crippen LogP contribution in [-0.2, 0) is 6.54 Å². The molecule has 1 aliphatic carbocycles. The van der Waals surface area contributed by atoms with Gasteiger partial charge >= 0.3 is 0 Å². The van der Waals surface area contributed by atoms with Crippen molar-refractivity contribution in [3.63, 3.8) is 0 Å². The highest BCUT2D eigenvalue weighted by Gasteiger charge is 2.26. The van der Waals surface area contributed by atoms with Gasteiger partial charge in [-0.2, -0.15) is 0 Å². The molecule has 0 aliphatic heterocycles. The first-order valence-electron chi connectivity index (χ1n) is 3.54. The van der Waals surface area contributed by atoms with Crippen LogP contribution >= 0.6 is 0 Å². The van der Waals surface area contributed by atoms with E-state index in [9.17, 15) is 0 Å². The van der Waals surface area contributed by atoms with Crippen LogP contribution in [0.2, 0.25) is 0 Å². The summed E-state index contributed by atoms with van der Waals surface area (Å²) in [6, 6.07) is 0. The third-order valence-electron chi connectivity index (χ3n) is 1.74. The second-order valence-corrected chi connectivity index (χ2v) is 2.64. The van der Waals surface area contributed by atoms with Crippen LogP contribution in [0.15, 0.2) is 10.7 Å². The minimum Gasteiger partial charge on any atom is -0.447 e. The molecule has 0 bridgehead atoms. The molecule has 1 fully saturated rings. The number of aromatic nitrogens is 1. The van der Waals surface area contributed by atoms with Gasteiger partial charge in [-0.1, -0.05) is 0 Å². The second kappa shape index (κ2) is 2.09. The maximum absolute atomic E-state index is 5.33. The number of hydrogen-bond acceptors (Lipinski definition) is 3. The van der Waals surface area contributed by atoms with Crippen molar-refractivity contribution in [2.24, 2.45) is 5.73 Å². The predicted octanol–water partition coefficient (Wildman–Crippen LogP) is 1.01. The molecule has 0 aromatic carbocycles. The molecule has 3 heteroatoms. The van der Waals surface area contributed by atoms with Gasteiger partial charge in [0.1, 0.15) is 6.26 Å². The lowest BCUT2D eigenvalue weighted by Gasteiger charge is -1.82. The summed E-state index contributed by atoms with van der Waals surface area (Å²) in [7, 11) is 0. The van der Waals surface area contributed by atoms with Gasteiger partial charge in [0.2, 0.25) is 5.89 Å². The number of rotatable bonds is 2. The lowest BCUT2D eigenvalue weighted by atomic mass is 10.3. The predicted molar refractivity (Wildman–Crippen MR) is 36.4 cm³/mol. The molecular weight excluding hydrogens is 128 g/mol. The number of nitrogens with zero attached hydrogens (tertiary/aromatic N) is 1. The summed E-state index contributed by atoms with van der Waals surface area (Å²) >= 11 is 0. The fourth-order valence-corrected chi connectivity index (χ4v) is 0.985. The lowest BCUT2D eigenvalue weighted by Crippen LogP contribution is -1.95. The molecule has 0 saturated heterocycles. The Balaban J connectivity index is 2.19. The lowest BCUT2D eigenvalue weighted by molar-refractivity contribution is 0.497. The Hall–Kier alpha value is -0.830. The van der Waals surface area contributed by atoms with Gasteiger partial charge in [-0.25, -0.2) is 4.98 Å². The van der Waals surface area contributed by atoms with E-state index in [0.29, 0.717) is 18.4 Å². The summed E-state index contributed by atoms with van der Waals surface area (Å²) in [5, 5.41) is 0. The molecule has 1 aromatic rings. The zero-order valence-corrected chi connectivity index (χ0v) is 5.71. The van der Waals surface area contributed by atoms with Gasteiger partial charge in [-0.15, -0.1) is 0 Å². The molecule has 1 aromatic heterocycles. The van der Waals surface area contributed by atoms with Gasteiger partial charge in [0, 0.05) is 5.92 Å². The summed E-state index contributed by atoms with van der Waals surface area (Å²) in [5.41, 5.74) is 6.41. The highest BCUT2D eigenvalue weighted by atomic mass is 16.3. The number of nitrogens with two attached hydrogens (primary N) is 1. The van der Waals surface area contributed by atoms with E-state index < -0.39 is 0 Å². The van der Waals surface area contributed by atoms with Crippen LogP contribution < -0.4 is 5.73 Å². The van der Waals surface area contributed by atoms with E-state index in [1.54, 1.807) is 6.26 Å². The Morgan fingerprint density at radius 3 is 3.00 bits per heavy atom. The molecule has 1 heterocycles. The topological polar surface area (TPSA) is 52.0 Å². The summed E-state index contributed by atoms with van der Waals surface area (Å²) in [5.74, 6) is 1.32. The van der Waals surface area contributed by atoms with Crippen molar-refractivity contribution in [3.05, 3.63) is 17.8 Å². The minimum atomic E-state index is 0.409. The van der Waals surface area contributed by atoms with Crippen LogP contribution in [-0.4, -0.2) is 4.98 Å². The quantitative estimate of drug-likeness (QED) is 0.663. The maximum atomic E-state index is 5.33. The van der Waals surface area contributed by atoms with E-state index in [1.807, 2.05) is 0 Å². The molecule has 0 amide bonds. The fourth-order valence-electron chi connectivity index (χ4n) is 0.985. The molecule has 0 radical (unpaired) electrons. The van der Waals surface area contributed by atoms with E-state index in [1.165, 1.54) is 12.8 Å². The van der Waals surface area contributed by atoms with Crippen molar-refractivity contribution >= 4 is 0 Å². The maximum Gasteiger partial charge on any atom is 0.207 e. The molecule has 0 atom stereocenters. The molecule has 10 heavy (non-hydrogen) atoms. The zero-order valence-electron chi connectivity index (χ0n) is 5.71. The van der Waals surface area contributed by atoms with Crippen LogP contribution in [0.5, 0.6) is 0 Å². The SMILES string of the molecule is NCc1nc(C2CC2)co1. The van der Waals surface area contributed by atoms with Gasteiger partial charge in [-0.05, 0) is 12.8 Å². The van der Waals surface area contributed by atoms with Crippen LogP contribution in [0.1, 0.15) is 30.3 Å². The van der Waals surface area contributed by atoms with Gasteiger partial charge in [-0.3, -0.25) is 0 Å². The minimum absolute atomic E-state index is 0.409. The third-order valence-corrected chi connectivity index (χ3v) is 1.74. The van der Waals surface area contributed by atoms with Crippen LogP contribution in [0.25, 0.3) is 0 Å². The summed E-state index contributed by atoms with van der Waals surface area (Å²) in [4.78, 5) is 4.20. The van der Waals surface area contributed by atoms with E-state index in [0.717, 1.165) is 5.69 Å². The van der Waals surface area contributed by atoms with Gasteiger partial charge in [0.15, 0.2) is 0 Å². The van der Waals surface area contributed by atoms with Crippen molar-refractivity contribution in [3.8, 4) is 0 Å². The average molecular weight is 138 g/mol. The number of hydrogen-bond donors (Lipinski definition) is 1. The molecule has 1 aliphatic rings. The first-order chi connectivity index (χ1) is 4.90. The van der Waals surface area contributed by atoms with Gasteiger partial charge < -0.3 is 10.2 Å². The van der Waals surface area contributed by atoms with Crippen molar-refractivity contribution < 1.29 is 4.42 Å². The highest BCUT2D eigenvalue weighted by Crippen LogP contribution is 2.39. The normalized spacial score (nSPS) is 17.7. The van der Waals surface area contributed by atoms with Gasteiger partial charge in [0.05, 0.1) is 12.2 Å². The first kappa shape index (κ1) is 5.92. The highest BCUT2D eigenvalue weighted by molar-refractivity contribution is 5.10. The molecule has 1 saturated carbocycles. The summed E-state index contributed by atoms with van der Waals surface area (Å²) < 4.78 is 5.08. The second-order valence-electron chi connectivity index (χ2n) is 2.64. The molecule has 0 unspecified atom stereocenters. The smallest absolute Gasteiger partial charge is 0.207 e. The van der Waals surface area contributed by atoms with E-state index in [2.05, 4.69) is 4.98 Å². The van der Waals surface area contributed by atoms with Crippen LogP contribution in [0, 0.1) is 0 Å². The fraction of sp³-hybridized carbons (Fsp3) is 0.571. The Labute approximate surface area is 59.2 Å². The Morgan fingerprint density at radius 2 is 2.50 bits per heavy atom. The average Bonchev–Trinajstić information content (AvgIpc) is 2.70. The van der Waals surface area contributed by atoms with Crippen molar-refractivity contribution in [2.75, 3.05) is 0 Å². The molecule has 54 valence electrons. The Bertz CT molecular complexity index is 227. The van der Waals surface area contributed by atoms with Crippen LogP contribution in [0.3, 0.4) is 0 Å². The van der Waals surface area contributed by atoms with Crippen molar-refractivity contribution in [1.82, 2.24) is 4.98 Å². The number of oxazole rings is 1. The van der Waals surface area contributed by atoms with Crippen molar-refractivity contribution in [2.45, 2.75) is 25.3 Å². The third kappa shape index (κ3) is 0.926. The summed E-state index contributed by atoms with van der Waals surface area (Å²) in [6.45, 7) is 0.409. The van der Waals surface area contributed by atoms with Crippen molar-refractivity contribution in [1.29, 1.82) is 0 Å². The summed E-state index contributed by atoms with van der Waals surface area (Å²) in [6.07, 6.45) is 4.24. The molecular formula is C7H10N2O. The molecule has 2 N–H and O–H groups in total. The van der Waals surface area contributed by atoms with E-state index in [4.69, 9.17) is 10.2 Å². The molecule has 2 rings (SSSR count). The first-order valence-corrected chi connectivity index (χ1v) is 3.54. The Morgan fingerprint density at radius 1 is 1.70 bits per heavy atom. The van der Waals surface area contributed by atoms with Gasteiger partial charge in [0.25, 0.3) is 0 Å². The van der Waals surface area contributed by atoms with E-state index in [-0.39, 0.29) is 0 Å². The monoisotopic (exact) mass is 138 g/mol. The largest absolute Gasteiger partial charge is 0.447 e. The zero-order chi connectivity index (χ0) is 6.97. The van der Waals surface area contributed by atoms with Crippen LogP contribution in [0.4, 0.5) is 0 Å². The molecule has 3 nitrogen and oxygen atoms in total. The van der Waals surface area contributed by atoms with E-state index >= 15 is 0 Å². The Kier molecular flexibility index (Phi) is 1.24.